The Hall–Kier alpha value is -2.90. The van der Waals surface area contributed by atoms with Crippen LogP contribution in [0.4, 0.5) is 10.5 Å². The van der Waals surface area contributed by atoms with Crippen molar-refractivity contribution in [2.24, 2.45) is 0 Å². The molecule has 0 unspecified atom stereocenters. The van der Waals surface area contributed by atoms with Gasteiger partial charge < -0.3 is 15.5 Å². The Morgan fingerprint density at radius 2 is 1.95 bits per heavy atom. The van der Waals surface area contributed by atoms with Crippen molar-refractivity contribution in [3.05, 3.63) is 51.2 Å². The zero-order valence-electron chi connectivity index (χ0n) is 11.1. The summed E-state index contributed by atoms with van der Waals surface area (Å²) in [5, 5.41) is 16.0. The van der Waals surface area contributed by atoms with E-state index in [1.54, 1.807) is 19.2 Å². The van der Waals surface area contributed by atoms with Gasteiger partial charge in [0.2, 0.25) is 0 Å². The highest BCUT2D eigenvalue weighted by molar-refractivity contribution is 6.01. The van der Waals surface area contributed by atoms with Crippen LogP contribution in [0.2, 0.25) is 0 Å². The summed E-state index contributed by atoms with van der Waals surface area (Å²) in [6.07, 6.45) is 0. The van der Waals surface area contributed by atoms with Crippen molar-refractivity contribution >= 4 is 17.6 Å². The maximum atomic E-state index is 12.2. The van der Waals surface area contributed by atoms with E-state index in [-0.39, 0.29) is 17.6 Å². The van der Waals surface area contributed by atoms with Gasteiger partial charge in [-0.15, -0.1) is 0 Å². The van der Waals surface area contributed by atoms with E-state index in [4.69, 9.17) is 0 Å². The predicted molar refractivity (Wildman–Crippen MR) is 72.2 cm³/mol. The molecular weight excluding hydrogens is 276 g/mol. The monoisotopic (exact) mass is 288 g/mol. The van der Waals surface area contributed by atoms with Crippen LogP contribution in [0.5, 0.6) is 0 Å². The molecular formula is C13H12N4O4. The molecule has 0 spiro atoms. The lowest BCUT2D eigenvalue weighted by Gasteiger charge is -2.25. The maximum absolute atomic E-state index is 12.2. The second-order valence-corrected chi connectivity index (χ2v) is 4.93. The predicted octanol–water partition coefficient (Wildman–Crippen LogP) is 0.675. The molecule has 1 aromatic carbocycles. The molecule has 0 fully saturated rings. The Kier molecular flexibility index (Phi) is 2.86. The molecule has 8 heteroatoms. The van der Waals surface area contributed by atoms with Gasteiger partial charge in [-0.1, -0.05) is 0 Å². The van der Waals surface area contributed by atoms with Crippen molar-refractivity contribution in [3.63, 3.8) is 0 Å². The number of carbonyl (C=O) groups excluding carboxylic acids is 2. The molecule has 2 N–H and O–H groups in total. The normalized spacial score (nSPS) is 21.0. The first-order valence-electron chi connectivity index (χ1n) is 6.27. The van der Waals surface area contributed by atoms with Crippen LogP contribution in [-0.4, -0.2) is 35.4 Å². The summed E-state index contributed by atoms with van der Waals surface area (Å²) in [6.45, 7) is 0.352. The molecule has 21 heavy (non-hydrogen) atoms. The molecule has 3 amide bonds. The van der Waals surface area contributed by atoms with Crippen LogP contribution in [0.15, 0.2) is 35.5 Å². The Morgan fingerprint density at radius 1 is 1.29 bits per heavy atom. The highest BCUT2D eigenvalue weighted by Crippen LogP contribution is 2.32. The van der Waals surface area contributed by atoms with E-state index in [1.165, 1.54) is 17.0 Å². The largest absolute Gasteiger partial charge is 0.336 e. The number of nitrogens with one attached hydrogen (secondary N) is 2. The fourth-order valence-electron chi connectivity index (χ4n) is 2.55. The lowest BCUT2D eigenvalue weighted by Crippen LogP contribution is -2.44. The molecule has 1 atom stereocenters. The third kappa shape index (κ3) is 2.10. The summed E-state index contributed by atoms with van der Waals surface area (Å²) >= 11 is 0. The number of hydrogen-bond acceptors (Lipinski definition) is 4. The number of nitro benzene ring substituents is 1. The van der Waals surface area contributed by atoms with Crippen LogP contribution >= 0.6 is 0 Å². The number of rotatable bonds is 2. The quantitative estimate of drug-likeness (QED) is 0.616. The fourth-order valence-corrected chi connectivity index (χ4v) is 2.55. The molecule has 0 radical (unpaired) electrons. The number of amides is 3. The summed E-state index contributed by atoms with van der Waals surface area (Å²) in [6, 6.07) is 4.82. The Bertz CT molecular complexity index is 680. The molecule has 2 aliphatic rings. The lowest BCUT2D eigenvalue weighted by molar-refractivity contribution is -0.384. The number of carbonyl (C=O) groups is 2. The first-order valence-corrected chi connectivity index (χ1v) is 6.27. The minimum absolute atomic E-state index is 0.0388. The number of nitrogens with zero attached hydrogens (tertiary/aromatic N) is 2. The molecule has 8 nitrogen and oxygen atoms in total. The van der Waals surface area contributed by atoms with Gasteiger partial charge in [0.1, 0.15) is 0 Å². The van der Waals surface area contributed by atoms with Crippen molar-refractivity contribution in [1.82, 2.24) is 15.5 Å². The first kappa shape index (κ1) is 13.1. The number of non-ortho nitro benzene ring substituents is 1. The van der Waals surface area contributed by atoms with Crippen molar-refractivity contribution in [2.45, 2.75) is 6.04 Å². The van der Waals surface area contributed by atoms with Crippen LogP contribution < -0.4 is 10.6 Å². The Labute approximate surface area is 119 Å². The summed E-state index contributed by atoms with van der Waals surface area (Å²) in [4.78, 5) is 35.5. The van der Waals surface area contributed by atoms with Gasteiger partial charge in [0, 0.05) is 19.2 Å². The first-order chi connectivity index (χ1) is 9.97. The zero-order valence-corrected chi connectivity index (χ0v) is 11.1. The summed E-state index contributed by atoms with van der Waals surface area (Å²) in [5.41, 5.74) is 1.65. The molecule has 1 aromatic rings. The van der Waals surface area contributed by atoms with Crippen molar-refractivity contribution in [1.29, 1.82) is 0 Å². The van der Waals surface area contributed by atoms with Gasteiger partial charge in [0.25, 0.3) is 11.6 Å². The standard InChI is InChI=1S/C13H12N4O4/c1-16-6-9-10(12(16)18)11(15-13(19)14-9)7-2-4-8(5-3-7)17(20)21/h2-5,11H,6H2,1H3,(H2,14,15,19)/t11-/m1/s1. The average Bonchev–Trinajstić information content (AvgIpc) is 2.73. The van der Waals surface area contributed by atoms with Gasteiger partial charge in [0.05, 0.1) is 28.8 Å². The van der Waals surface area contributed by atoms with E-state index < -0.39 is 11.0 Å². The van der Waals surface area contributed by atoms with E-state index in [1.807, 2.05) is 0 Å². The number of likely N-dealkylation sites (N-methyl/N-ethyl adjacent to an activating group) is 1. The van der Waals surface area contributed by atoms with Gasteiger partial charge in [-0.2, -0.15) is 0 Å². The minimum Gasteiger partial charge on any atom is -0.336 e. The average molecular weight is 288 g/mol. The van der Waals surface area contributed by atoms with Crippen LogP contribution in [-0.2, 0) is 4.79 Å². The lowest BCUT2D eigenvalue weighted by atomic mass is 9.96. The Morgan fingerprint density at radius 3 is 2.57 bits per heavy atom. The van der Waals surface area contributed by atoms with Crippen molar-refractivity contribution in [2.75, 3.05) is 13.6 Å². The molecule has 0 aliphatic carbocycles. The van der Waals surface area contributed by atoms with Gasteiger partial charge in [-0.05, 0) is 17.7 Å². The highest BCUT2D eigenvalue weighted by atomic mass is 16.6. The molecule has 0 saturated heterocycles. The summed E-state index contributed by atoms with van der Waals surface area (Å²) < 4.78 is 0. The van der Waals surface area contributed by atoms with E-state index in [0.717, 1.165) is 0 Å². The van der Waals surface area contributed by atoms with E-state index in [2.05, 4.69) is 10.6 Å². The van der Waals surface area contributed by atoms with E-state index in [9.17, 15) is 19.7 Å². The second kappa shape index (κ2) is 4.58. The SMILES string of the molecule is CN1CC2=C(C1=O)[C@@H](c1ccc([N+](=O)[O-])cc1)NC(=O)N2. The Balaban J connectivity index is 2.00. The number of hydrogen-bond donors (Lipinski definition) is 2. The molecule has 0 aromatic heterocycles. The van der Waals surface area contributed by atoms with E-state index >= 15 is 0 Å². The van der Waals surface area contributed by atoms with Gasteiger partial charge >= 0.3 is 6.03 Å². The van der Waals surface area contributed by atoms with Crippen LogP contribution in [0.25, 0.3) is 0 Å². The summed E-state index contributed by atoms with van der Waals surface area (Å²) in [7, 11) is 1.65. The smallest absolute Gasteiger partial charge is 0.319 e. The third-order valence-electron chi connectivity index (χ3n) is 3.56. The number of urea groups is 1. The molecule has 0 saturated carbocycles. The van der Waals surface area contributed by atoms with Crippen LogP contribution in [0.1, 0.15) is 11.6 Å². The molecule has 2 aliphatic heterocycles. The number of nitro groups is 1. The maximum Gasteiger partial charge on any atom is 0.319 e. The highest BCUT2D eigenvalue weighted by Gasteiger charge is 2.38. The molecule has 3 rings (SSSR count). The van der Waals surface area contributed by atoms with Gasteiger partial charge in [0.15, 0.2) is 0 Å². The minimum atomic E-state index is -0.591. The second-order valence-electron chi connectivity index (χ2n) is 4.93. The topological polar surface area (TPSA) is 105 Å². The summed E-state index contributed by atoms with van der Waals surface area (Å²) in [5.74, 6) is -0.166. The van der Waals surface area contributed by atoms with Crippen molar-refractivity contribution < 1.29 is 14.5 Å². The molecule has 108 valence electrons. The van der Waals surface area contributed by atoms with Crippen LogP contribution in [0, 0.1) is 10.1 Å². The van der Waals surface area contributed by atoms with Gasteiger partial charge in [-0.3, -0.25) is 14.9 Å². The third-order valence-corrected chi connectivity index (χ3v) is 3.56. The van der Waals surface area contributed by atoms with Gasteiger partial charge in [-0.25, -0.2) is 4.79 Å². The number of benzene rings is 1. The van der Waals surface area contributed by atoms with Crippen LogP contribution in [0.3, 0.4) is 0 Å². The molecule has 2 heterocycles. The fraction of sp³-hybridized carbons (Fsp3) is 0.231. The van der Waals surface area contributed by atoms with E-state index in [0.29, 0.717) is 23.4 Å². The molecule has 0 bridgehead atoms. The van der Waals surface area contributed by atoms with Crippen molar-refractivity contribution in [3.8, 4) is 0 Å². The zero-order chi connectivity index (χ0) is 15.1.